The zero-order chi connectivity index (χ0) is 24.9. The van der Waals surface area contributed by atoms with Crippen LogP contribution in [-0.4, -0.2) is 37.0 Å². The summed E-state index contributed by atoms with van der Waals surface area (Å²) < 4.78 is 10.1. The molecule has 0 aliphatic rings. The Balaban J connectivity index is 1.67. The lowest BCUT2D eigenvalue weighted by atomic mass is 10.1. The molecule has 0 aliphatic heterocycles. The number of hydrogen-bond acceptors (Lipinski definition) is 6. The minimum absolute atomic E-state index is 0.0984. The summed E-state index contributed by atoms with van der Waals surface area (Å²) in [5, 5.41) is 5.32. The molecule has 0 bridgehead atoms. The molecule has 2 aromatic rings. The Kier molecular flexibility index (Phi) is 10.8. The minimum atomic E-state index is -0.647. The number of unbranched alkanes of at least 4 members (excludes halogenated alkanes) is 2. The molecule has 0 spiro atoms. The van der Waals surface area contributed by atoms with E-state index >= 15 is 0 Å². The maximum Gasteiger partial charge on any atom is 0.338 e. The van der Waals surface area contributed by atoms with Crippen molar-refractivity contribution in [2.45, 2.75) is 52.9 Å². The molecule has 2 rings (SSSR count). The monoisotopic (exact) mass is 468 g/mol. The molecule has 34 heavy (non-hydrogen) atoms. The van der Waals surface area contributed by atoms with Crippen molar-refractivity contribution in [1.29, 1.82) is 0 Å². The first-order valence-corrected chi connectivity index (χ1v) is 11.4. The summed E-state index contributed by atoms with van der Waals surface area (Å²) >= 11 is 0. The van der Waals surface area contributed by atoms with Gasteiger partial charge in [-0.25, -0.2) is 4.79 Å². The van der Waals surface area contributed by atoms with Crippen LogP contribution in [0.15, 0.2) is 42.5 Å². The van der Waals surface area contributed by atoms with E-state index in [0.29, 0.717) is 23.5 Å². The van der Waals surface area contributed by atoms with Gasteiger partial charge in [-0.3, -0.25) is 14.4 Å². The quantitative estimate of drug-likeness (QED) is 0.349. The number of hydrogen-bond donors (Lipinski definition) is 2. The summed E-state index contributed by atoms with van der Waals surface area (Å²) in [5.74, 6) is -1.89. The Labute approximate surface area is 200 Å². The van der Waals surface area contributed by atoms with Gasteiger partial charge in [-0.15, -0.1) is 0 Å². The largest absolute Gasteiger partial charge is 0.462 e. The first-order chi connectivity index (χ1) is 16.3. The molecule has 8 nitrogen and oxygen atoms in total. The highest BCUT2D eigenvalue weighted by Gasteiger charge is 2.12. The number of carbonyl (C=O) groups excluding carboxylic acids is 4. The Hall–Kier alpha value is -3.68. The lowest BCUT2D eigenvalue weighted by Gasteiger charge is -2.09. The van der Waals surface area contributed by atoms with Crippen LogP contribution in [0.5, 0.6) is 0 Å². The second-order valence-electron chi connectivity index (χ2n) is 7.98. The van der Waals surface area contributed by atoms with Crippen molar-refractivity contribution >= 4 is 35.1 Å². The number of ether oxygens (including phenoxy) is 2. The van der Waals surface area contributed by atoms with E-state index in [1.807, 2.05) is 26.0 Å². The number of carbonyl (C=O) groups is 4. The molecule has 8 heteroatoms. The Bertz CT molecular complexity index is 1000. The molecule has 0 aromatic heterocycles. The van der Waals surface area contributed by atoms with Crippen LogP contribution < -0.4 is 10.6 Å². The normalized spacial score (nSPS) is 10.3. The SMILES string of the molecule is CCCCCOC(=O)c1ccc(NC(=O)CCC(=O)OCC(=O)Nc2ccc(C)c(C)c2)cc1. The summed E-state index contributed by atoms with van der Waals surface area (Å²) in [7, 11) is 0. The van der Waals surface area contributed by atoms with Crippen LogP contribution in [0.2, 0.25) is 0 Å². The van der Waals surface area contributed by atoms with E-state index in [-0.39, 0.29) is 18.7 Å². The van der Waals surface area contributed by atoms with Crippen LogP contribution >= 0.6 is 0 Å². The van der Waals surface area contributed by atoms with E-state index in [2.05, 4.69) is 17.6 Å². The fraction of sp³-hybridized carbons (Fsp3) is 0.385. The van der Waals surface area contributed by atoms with Gasteiger partial charge >= 0.3 is 11.9 Å². The Morgan fingerprint density at radius 2 is 1.44 bits per heavy atom. The number of amides is 2. The van der Waals surface area contributed by atoms with Crippen LogP contribution in [0.1, 0.15) is 60.5 Å². The highest BCUT2D eigenvalue weighted by Crippen LogP contribution is 2.14. The van der Waals surface area contributed by atoms with Crippen molar-refractivity contribution in [2.24, 2.45) is 0 Å². The summed E-state index contributed by atoms with van der Waals surface area (Å²) in [6.45, 7) is 5.94. The smallest absolute Gasteiger partial charge is 0.338 e. The van der Waals surface area contributed by atoms with Crippen molar-refractivity contribution in [3.8, 4) is 0 Å². The molecule has 0 radical (unpaired) electrons. The van der Waals surface area contributed by atoms with Crippen molar-refractivity contribution in [1.82, 2.24) is 0 Å². The zero-order valence-electron chi connectivity index (χ0n) is 19.9. The van der Waals surface area contributed by atoms with Crippen LogP contribution in [0.4, 0.5) is 11.4 Å². The van der Waals surface area contributed by atoms with Crippen molar-refractivity contribution < 1.29 is 28.7 Å². The fourth-order valence-corrected chi connectivity index (χ4v) is 2.96. The topological polar surface area (TPSA) is 111 Å². The highest BCUT2D eigenvalue weighted by molar-refractivity contribution is 5.95. The number of rotatable bonds is 12. The summed E-state index contributed by atoms with van der Waals surface area (Å²) in [6, 6.07) is 11.8. The first kappa shape index (κ1) is 26.6. The third kappa shape index (κ3) is 9.44. The van der Waals surface area contributed by atoms with Crippen LogP contribution in [0.25, 0.3) is 0 Å². The molecule has 0 saturated carbocycles. The second kappa shape index (κ2) is 13.8. The van der Waals surface area contributed by atoms with E-state index in [4.69, 9.17) is 9.47 Å². The predicted octanol–water partition coefficient (Wildman–Crippen LogP) is 4.55. The molecule has 0 atom stereocenters. The maximum atomic E-state index is 12.1. The standard InChI is InChI=1S/C26H32N2O6/c1-4-5-6-15-33-26(32)20-8-11-21(12-9-20)27-23(29)13-14-25(31)34-17-24(30)28-22-10-7-18(2)19(3)16-22/h7-12,16H,4-6,13-15,17H2,1-3H3,(H,27,29)(H,28,30). The number of esters is 2. The van der Waals surface area contributed by atoms with Gasteiger partial charge in [0.05, 0.1) is 18.6 Å². The van der Waals surface area contributed by atoms with Crippen LogP contribution in [0, 0.1) is 13.8 Å². The van der Waals surface area contributed by atoms with Crippen molar-refractivity contribution in [3.05, 3.63) is 59.2 Å². The van der Waals surface area contributed by atoms with Gasteiger partial charge < -0.3 is 20.1 Å². The Morgan fingerprint density at radius 3 is 2.12 bits per heavy atom. The van der Waals surface area contributed by atoms with Gasteiger partial charge in [-0.1, -0.05) is 25.8 Å². The molecular formula is C26H32N2O6. The maximum absolute atomic E-state index is 12.1. The average Bonchev–Trinajstić information content (AvgIpc) is 2.82. The number of benzene rings is 2. The molecule has 2 amide bonds. The van der Waals surface area contributed by atoms with E-state index in [0.717, 1.165) is 30.4 Å². The summed E-state index contributed by atoms with van der Waals surface area (Å²) in [6.07, 6.45) is 2.62. The molecule has 0 fully saturated rings. The van der Waals surface area contributed by atoms with E-state index in [1.165, 1.54) is 0 Å². The molecule has 0 unspecified atom stereocenters. The second-order valence-corrected chi connectivity index (χ2v) is 7.98. The lowest BCUT2D eigenvalue weighted by Crippen LogP contribution is -2.21. The molecule has 182 valence electrons. The third-order valence-corrected chi connectivity index (χ3v) is 5.10. The molecule has 0 heterocycles. The first-order valence-electron chi connectivity index (χ1n) is 11.4. The van der Waals surface area contributed by atoms with Crippen LogP contribution in [-0.2, 0) is 23.9 Å². The number of aryl methyl sites for hydroxylation is 2. The fourth-order valence-electron chi connectivity index (χ4n) is 2.96. The van der Waals surface area contributed by atoms with Crippen molar-refractivity contribution in [3.63, 3.8) is 0 Å². The van der Waals surface area contributed by atoms with E-state index < -0.39 is 24.5 Å². The number of nitrogens with one attached hydrogen (secondary N) is 2. The van der Waals surface area contributed by atoms with Gasteiger partial charge in [0.25, 0.3) is 5.91 Å². The van der Waals surface area contributed by atoms with Gasteiger partial charge in [-0.05, 0) is 67.8 Å². The Morgan fingerprint density at radius 1 is 0.765 bits per heavy atom. The van der Waals surface area contributed by atoms with Crippen LogP contribution in [0.3, 0.4) is 0 Å². The van der Waals surface area contributed by atoms with Gasteiger partial charge in [0, 0.05) is 17.8 Å². The summed E-state index contributed by atoms with van der Waals surface area (Å²) in [4.78, 5) is 47.9. The van der Waals surface area contributed by atoms with Gasteiger partial charge in [-0.2, -0.15) is 0 Å². The molecular weight excluding hydrogens is 436 g/mol. The zero-order valence-corrected chi connectivity index (χ0v) is 19.9. The molecule has 2 aromatic carbocycles. The van der Waals surface area contributed by atoms with E-state index in [9.17, 15) is 19.2 Å². The van der Waals surface area contributed by atoms with Gasteiger partial charge in [0.1, 0.15) is 0 Å². The van der Waals surface area contributed by atoms with Gasteiger partial charge in [0.2, 0.25) is 5.91 Å². The lowest BCUT2D eigenvalue weighted by molar-refractivity contribution is -0.147. The minimum Gasteiger partial charge on any atom is -0.462 e. The highest BCUT2D eigenvalue weighted by atomic mass is 16.5. The summed E-state index contributed by atoms with van der Waals surface area (Å²) in [5.41, 5.74) is 3.67. The average molecular weight is 469 g/mol. The third-order valence-electron chi connectivity index (χ3n) is 5.10. The predicted molar refractivity (Wildman–Crippen MR) is 130 cm³/mol. The molecule has 0 aliphatic carbocycles. The number of anilines is 2. The molecule has 0 saturated heterocycles. The van der Waals surface area contributed by atoms with Crippen molar-refractivity contribution in [2.75, 3.05) is 23.8 Å². The van der Waals surface area contributed by atoms with Gasteiger partial charge in [0.15, 0.2) is 6.61 Å². The molecule has 2 N–H and O–H groups in total. The van der Waals surface area contributed by atoms with E-state index in [1.54, 1.807) is 30.3 Å².